The van der Waals surface area contributed by atoms with Crippen molar-refractivity contribution in [3.8, 4) is 0 Å². The second-order valence-corrected chi connectivity index (χ2v) is 8.05. The number of amides is 1. The van der Waals surface area contributed by atoms with Gasteiger partial charge in [-0.3, -0.25) is 14.4 Å². The Hall–Kier alpha value is -2.58. The number of hydrogen-bond acceptors (Lipinski definition) is 6. The van der Waals surface area contributed by atoms with E-state index in [0.29, 0.717) is 12.5 Å². The fraction of sp³-hybridized carbons (Fsp3) is 0.400. The van der Waals surface area contributed by atoms with E-state index < -0.39 is 0 Å². The van der Waals surface area contributed by atoms with Gasteiger partial charge in [0, 0.05) is 24.3 Å². The van der Waals surface area contributed by atoms with Gasteiger partial charge < -0.3 is 5.32 Å². The van der Waals surface area contributed by atoms with E-state index in [1.54, 1.807) is 23.7 Å². The summed E-state index contributed by atoms with van der Waals surface area (Å²) < 4.78 is 1.89. The van der Waals surface area contributed by atoms with Crippen molar-refractivity contribution in [1.82, 2.24) is 30.2 Å². The van der Waals surface area contributed by atoms with E-state index in [9.17, 15) is 4.79 Å². The molecule has 1 aliphatic heterocycles. The highest BCUT2D eigenvalue weighted by Crippen LogP contribution is 2.24. The molecule has 1 unspecified atom stereocenters. The molecule has 0 spiro atoms. The molecule has 1 aromatic carbocycles. The summed E-state index contributed by atoms with van der Waals surface area (Å²) in [6.07, 6.45) is 7.54. The molecule has 2 aromatic heterocycles. The van der Waals surface area contributed by atoms with Crippen LogP contribution in [0.5, 0.6) is 0 Å². The molecule has 1 saturated heterocycles. The lowest BCUT2D eigenvalue weighted by atomic mass is 9.97. The standard InChI is InChI=1S/C20H24N6OS/c27-18(15-25-10-6-16(7-11-25)14-26-12-8-22-24-26)23-19(20-21-9-13-28-20)17-4-2-1-3-5-17/h1-5,8-9,12-13,16,19H,6-7,10-11,14-15H2,(H,23,27). The molecule has 1 atom stereocenters. The first-order chi connectivity index (χ1) is 13.8. The van der Waals surface area contributed by atoms with Crippen LogP contribution >= 0.6 is 11.3 Å². The predicted octanol–water partition coefficient (Wildman–Crippen LogP) is 2.35. The minimum Gasteiger partial charge on any atom is -0.342 e. The lowest BCUT2D eigenvalue weighted by molar-refractivity contribution is -0.123. The van der Waals surface area contributed by atoms with E-state index in [1.165, 1.54) is 0 Å². The quantitative estimate of drug-likeness (QED) is 0.663. The number of thiazole rings is 1. The van der Waals surface area contributed by atoms with Crippen molar-refractivity contribution in [3.63, 3.8) is 0 Å². The van der Waals surface area contributed by atoms with Gasteiger partial charge in [-0.05, 0) is 37.4 Å². The van der Waals surface area contributed by atoms with Crippen molar-refractivity contribution in [2.45, 2.75) is 25.4 Å². The number of likely N-dealkylation sites (tertiary alicyclic amines) is 1. The van der Waals surface area contributed by atoms with Gasteiger partial charge in [-0.15, -0.1) is 16.4 Å². The summed E-state index contributed by atoms with van der Waals surface area (Å²) in [4.78, 5) is 19.4. The minimum absolute atomic E-state index is 0.0405. The third-order valence-corrected chi connectivity index (χ3v) is 5.97. The van der Waals surface area contributed by atoms with Crippen LogP contribution in [0.4, 0.5) is 0 Å². The first-order valence-corrected chi connectivity index (χ1v) is 10.5. The number of piperidine rings is 1. The Labute approximate surface area is 168 Å². The van der Waals surface area contributed by atoms with Crippen molar-refractivity contribution in [2.75, 3.05) is 19.6 Å². The molecule has 0 saturated carbocycles. The van der Waals surface area contributed by atoms with Crippen LogP contribution < -0.4 is 5.32 Å². The third kappa shape index (κ3) is 4.82. The Kier molecular flexibility index (Phi) is 6.08. The molecule has 0 radical (unpaired) electrons. The van der Waals surface area contributed by atoms with Gasteiger partial charge in [-0.1, -0.05) is 35.5 Å². The summed E-state index contributed by atoms with van der Waals surface area (Å²) in [7, 11) is 0. The van der Waals surface area contributed by atoms with Gasteiger partial charge in [0.1, 0.15) is 11.0 Å². The number of benzene rings is 1. The lowest BCUT2D eigenvalue weighted by Crippen LogP contribution is -2.43. The fourth-order valence-corrected chi connectivity index (χ4v) is 4.36. The number of aromatic nitrogens is 4. The van der Waals surface area contributed by atoms with E-state index in [-0.39, 0.29) is 11.9 Å². The van der Waals surface area contributed by atoms with Crippen LogP contribution in [0.25, 0.3) is 0 Å². The van der Waals surface area contributed by atoms with Crippen molar-refractivity contribution >= 4 is 17.2 Å². The Bertz CT molecular complexity index is 844. The molecule has 28 heavy (non-hydrogen) atoms. The number of rotatable bonds is 7. The number of hydrogen-bond donors (Lipinski definition) is 1. The second-order valence-electron chi connectivity index (χ2n) is 7.13. The molecule has 1 N–H and O–H groups in total. The van der Waals surface area contributed by atoms with Gasteiger partial charge in [-0.2, -0.15) is 0 Å². The molecule has 0 bridgehead atoms. The van der Waals surface area contributed by atoms with Gasteiger partial charge in [0.15, 0.2) is 0 Å². The van der Waals surface area contributed by atoms with E-state index >= 15 is 0 Å². The first-order valence-electron chi connectivity index (χ1n) is 9.58. The zero-order valence-electron chi connectivity index (χ0n) is 15.6. The van der Waals surface area contributed by atoms with E-state index in [4.69, 9.17) is 0 Å². The molecule has 1 aliphatic rings. The van der Waals surface area contributed by atoms with Crippen molar-refractivity contribution in [2.24, 2.45) is 5.92 Å². The SMILES string of the molecule is O=C(CN1CCC(Cn2ccnn2)CC1)NC(c1ccccc1)c1nccs1. The maximum Gasteiger partial charge on any atom is 0.235 e. The zero-order valence-corrected chi connectivity index (χ0v) is 16.5. The molecule has 4 rings (SSSR count). The van der Waals surface area contributed by atoms with Gasteiger partial charge in [-0.25, -0.2) is 4.98 Å². The van der Waals surface area contributed by atoms with Crippen LogP contribution in [0, 0.1) is 5.92 Å². The number of carbonyl (C=O) groups is 1. The first kappa shape index (κ1) is 18.8. The van der Waals surface area contributed by atoms with E-state index in [0.717, 1.165) is 43.0 Å². The Balaban J connectivity index is 1.31. The summed E-state index contributed by atoms with van der Waals surface area (Å²) in [5, 5.41) is 13.9. The van der Waals surface area contributed by atoms with Gasteiger partial charge in [0.25, 0.3) is 0 Å². The Morgan fingerprint density at radius 2 is 2.04 bits per heavy atom. The summed E-state index contributed by atoms with van der Waals surface area (Å²) in [5.41, 5.74) is 1.05. The van der Waals surface area contributed by atoms with Crippen LogP contribution in [-0.2, 0) is 11.3 Å². The molecule has 8 heteroatoms. The maximum absolute atomic E-state index is 12.7. The highest BCUT2D eigenvalue weighted by atomic mass is 32.1. The van der Waals surface area contributed by atoms with Gasteiger partial charge >= 0.3 is 0 Å². The van der Waals surface area contributed by atoms with E-state index in [1.807, 2.05) is 46.6 Å². The third-order valence-electron chi connectivity index (χ3n) is 5.13. The van der Waals surface area contributed by atoms with Gasteiger partial charge in [0.2, 0.25) is 5.91 Å². The predicted molar refractivity (Wildman–Crippen MR) is 108 cm³/mol. The highest BCUT2D eigenvalue weighted by molar-refractivity contribution is 7.09. The molecule has 3 aromatic rings. The minimum atomic E-state index is -0.196. The topological polar surface area (TPSA) is 75.9 Å². The second kappa shape index (κ2) is 9.07. The molecule has 146 valence electrons. The largest absolute Gasteiger partial charge is 0.342 e. The van der Waals surface area contributed by atoms with Crippen LogP contribution in [0.2, 0.25) is 0 Å². The van der Waals surface area contributed by atoms with Crippen molar-refractivity contribution in [1.29, 1.82) is 0 Å². The van der Waals surface area contributed by atoms with Crippen LogP contribution in [0.3, 0.4) is 0 Å². The summed E-state index contributed by atoms with van der Waals surface area (Å²) in [6.45, 7) is 3.19. The molecule has 1 fully saturated rings. The molecule has 1 amide bonds. The zero-order chi connectivity index (χ0) is 19.2. The van der Waals surface area contributed by atoms with Crippen LogP contribution in [0.1, 0.15) is 29.5 Å². The highest BCUT2D eigenvalue weighted by Gasteiger charge is 2.24. The molecule has 3 heterocycles. The fourth-order valence-electron chi connectivity index (χ4n) is 3.64. The Morgan fingerprint density at radius 3 is 2.71 bits per heavy atom. The molecule has 0 aliphatic carbocycles. The number of nitrogens with zero attached hydrogens (tertiary/aromatic N) is 5. The van der Waals surface area contributed by atoms with Gasteiger partial charge in [0.05, 0.1) is 12.7 Å². The average Bonchev–Trinajstić information content (AvgIpc) is 3.43. The normalized spacial score (nSPS) is 16.7. The molecule has 7 nitrogen and oxygen atoms in total. The monoisotopic (exact) mass is 396 g/mol. The van der Waals surface area contributed by atoms with Crippen LogP contribution in [0.15, 0.2) is 54.3 Å². The summed E-state index contributed by atoms with van der Waals surface area (Å²) in [6, 6.07) is 9.82. The van der Waals surface area contributed by atoms with Crippen molar-refractivity contribution in [3.05, 3.63) is 64.9 Å². The lowest BCUT2D eigenvalue weighted by Gasteiger charge is -2.31. The number of carbonyl (C=O) groups excluding carboxylic acids is 1. The summed E-state index contributed by atoms with van der Waals surface area (Å²) >= 11 is 1.56. The van der Waals surface area contributed by atoms with Crippen LogP contribution in [-0.4, -0.2) is 50.4 Å². The van der Waals surface area contributed by atoms with Crippen molar-refractivity contribution < 1.29 is 4.79 Å². The maximum atomic E-state index is 12.7. The van der Waals surface area contributed by atoms with E-state index in [2.05, 4.69) is 25.5 Å². The average molecular weight is 397 g/mol. The molecular formula is C20H24N6OS. The molecular weight excluding hydrogens is 372 g/mol. The summed E-state index contributed by atoms with van der Waals surface area (Å²) in [5.74, 6) is 0.632. The number of nitrogens with one attached hydrogen (secondary N) is 1. The smallest absolute Gasteiger partial charge is 0.235 e. The Morgan fingerprint density at radius 1 is 1.21 bits per heavy atom.